The number of anilines is 1. The number of nitrogens with zero attached hydrogens (tertiary/aromatic N) is 1. The van der Waals surface area contributed by atoms with E-state index in [0.717, 1.165) is 11.3 Å². The van der Waals surface area contributed by atoms with Gasteiger partial charge in [-0.2, -0.15) is 0 Å². The molecular weight excluding hydrogens is 306 g/mol. The Morgan fingerprint density at radius 2 is 1.75 bits per heavy atom. The van der Waals surface area contributed by atoms with Crippen LogP contribution in [0.2, 0.25) is 0 Å². The molecule has 3 amide bonds. The molecule has 1 aromatic rings. The summed E-state index contributed by atoms with van der Waals surface area (Å²) in [7, 11) is 0. The number of rotatable bonds is 4. The van der Waals surface area contributed by atoms with Crippen molar-refractivity contribution in [2.24, 2.45) is 5.92 Å². The van der Waals surface area contributed by atoms with Crippen LogP contribution in [0.4, 0.5) is 10.5 Å². The second-order valence-electron chi connectivity index (χ2n) is 6.66. The minimum atomic E-state index is -0.0748. The molecule has 2 N–H and O–H groups in total. The average Bonchev–Trinajstić information content (AvgIpc) is 2.52. The summed E-state index contributed by atoms with van der Waals surface area (Å²) in [4.78, 5) is 25.7. The predicted octanol–water partition coefficient (Wildman–Crippen LogP) is 2.60. The van der Waals surface area contributed by atoms with Gasteiger partial charge in [-0.15, -0.1) is 0 Å². The van der Waals surface area contributed by atoms with Crippen molar-refractivity contribution in [3.63, 3.8) is 0 Å². The van der Waals surface area contributed by atoms with Gasteiger partial charge in [0.1, 0.15) is 0 Å². The van der Waals surface area contributed by atoms with E-state index in [4.69, 9.17) is 4.74 Å². The minimum absolute atomic E-state index is 0.00777. The molecule has 6 heteroatoms. The van der Waals surface area contributed by atoms with Crippen LogP contribution in [0.15, 0.2) is 24.3 Å². The molecule has 0 spiro atoms. The third-order valence-corrected chi connectivity index (χ3v) is 3.90. The molecular formula is C18H27N3O3. The second-order valence-corrected chi connectivity index (χ2v) is 6.66. The van der Waals surface area contributed by atoms with Crippen molar-refractivity contribution < 1.29 is 14.3 Å². The molecule has 1 fully saturated rings. The van der Waals surface area contributed by atoms with Gasteiger partial charge in [-0.3, -0.25) is 4.79 Å². The highest BCUT2D eigenvalue weighted by molar-refractivity contribution is 5.92. The van der Waals surface area contributed by atoms with Gasteiger partial charge >= 0.3 is 6.03 Å². The molecule has 2 rings (SSSR count). The van der Waals surface area contributed by atoms with Crippen LogP contribution in [0, 0.1) is 5.92 Å². The van der Waals surface area contributed by atoms with E-state index in [2.05, 4.69) is 10.6 Å². The van der Waals surface area contributed by atoms with E-state index in [0.29, 0.717) is 19.6 Å². The van der Waals surface area contributed by atoms with Crippen LogP contribution < -0.4 is 10.6 Å². The number of hydrogen-bond acceptors (Lipinski definition) is 3. The normalized spacial score (nSPS) is 20.8. The largest absolute Gasteiger partial charge is 0.372 e. The Kier molecular flexibility index (Phi) is 6.20. The zero-order valence-electron chi connectivity index (χ0n) is 14.8. The van der Waals surface area contributed by atoms with Crippen LogP contribution >= 0.6 is 0 Å². The highest BCUT2D eigenvalue weighted by Gasteiger charge is 2.25. The van der Waals surface area contributed by atoms with Gasteiger partial charge < -0.3 is 20.3 Å². The standard InChI is InChI=1S/C18H27N3O3/c1-12(2)17(22)20-16-7-5-15(6-8-16)9-19-18(23)21-10-13(3)24-14(4)11-21/h5-8,12-14H,9-11H2,1-4H3,(H,19,23)(H,20,22). The maximum atomic E-state index is 12.3. The SMILES string of the molecule is CC1CN(C(=O)NCc2ccc(NC(=O)C(C)C)cc2)CC(C)O1. The summed E-state index contributed by atoms with van der Waals surface area (Å²) in [5.74, 6) is -0.0612. The maximum absolute atomic E-state index is 12.3. The fourth-order valence-corrected chi connectivity index (χ4v) is 2.63. The molecule has 1 heterocycles. The van der Waals surface area contributed by atoms with Crippen molar-refractivity contribution in [3.8, 4) is 0 Å². The second kappa shape index (κ2) is 8.15. The Morgan fingerprint density at radius 3 is 2.29 bits per heavy atom. The van der Waals surface area contributed by atoms with Gasteiger partial charge in [0.2, 0.25) is 5.91 Å². The number of ether oxygens (including phenoxy) is 1. The maximum Gasteiger partial charge on any atom is 0.317 e. The van der Waals surface area contributed by atoms with E-state index in [9.17, 15) is 9.59 Å². The number of urea groups is 1. The smallest absolute Gasteiger partial charge is 0.317 e. The molecule has 0 aromatic heterocycles. The van der Waals surface area contributed by atoms with Crippen LogP contribution in [-0.4, -0.2) is 42.1 Å². The predicted molar refractivity (Wildman–Crippen MR) is 93.7 cm³/mol. The first-order valence-electron chi connectivity index (χ1n) is 8.43. The first-order chi connectivity index (χ1) is 11.3. The summed E-state index contributed by atoms with van der Waals surface area (Å²) in [6.45, 7) is 9.32. The fourth-order valence-electron chi connectivity index (χ4n) is 2.63. The van der Waals surface area contributed by atoms with E-state index >= 15 is 0 Å². The van der Waals surface area contributed by atoms with Crippen LogP contribution in [0.1, 0.15) is 33.3 Å². The van der Waals surface area contributed by atoms with Crippen molar-refractivity contribution in [1.29, 1.82) is 0 Å². The van der Waals surface area contributed by atoms with Gasteiger partial charge in [0.25, 0.3) is 0 Å². The third kappa shape index (κ3) is 5.23. The molecule has 0 radical (unpaired) electrons. The number of hydrogen-bond donors (Lipinski definition) is 2. The zero-order valence-corrected chi connectivity index (χ0v) is 14.8. The molecule has 0 aliphatic carbocycles. The Labute approximate surface area is 143 Å². The molecule has 132 valence electrons. The van der Waals surface area contributed by atoms with Gasteiger partial charge in [0, 0.05) is 31.2 Å². The van der Waals surface area contributed by atoms with Gasteiger partial charge in [0.15, 0.2) is 0 Å². The molecule has 6 nitrogen and oxygen atoms in total. The average molecular weight is 333 g/mol. The molecule has 2 atom stereocenters. The Bertz CT molecular complexity index is 561. The van der Waals surface area contributed by atoms with E-state index < -0.39 is 0 Å². The number of benzene rings is 1. The van der Waals surface area contributed by atoms with Gasteiger partial charge in [-0.25, -0.2) is 4.79 Å². The summed E-state index contributed by atoms with van der Waals surface area (Å²) < 4.78 is 5.63. The van der Waals surface area contributed by atoms with Crippen molar-refractivity contribution in [2.75, 3.05) is 18.4 Å². The molecule has 1 aliphatic heterocycles. The van der Waals surface area contributed by atoms with E-state index in [1.165, 1.54) is 0 Å². The number of amides is 3. The third-order valence-electron chi connectivity index (χ3n) is 3.90. The van der Waals surface area contributed by atoms with Gasteiger partial charge in [0.05, 0.1) is 12.2 Å². The first-order valence-corrected chi connectivity index (χ1v) is 8.43. The topological polar surface area (TPSA) is 70.7 Å². The van der Waals surface area contributed by atoms with E-state index in [1.807, 2.05) is 52.0 Å². The lowest BCUT2D eigenvalue weighted by atomic mass is 10.1. The summed E-state index contributed by atoms with van der Waals surface area (Å²) >= 11 is 0. The number of carbonyl (C=O) groups is 2. The van der Waals surface area contributed by atoms with Gasteiger partial charge in [-0.1, -0.05) is 26.0 Å². The molecule has 1 saturated heterocycles. The van der Waals surface area contributed by atoms with Crippen LogP contribution in [0.25, 0.3) is 0 Å². The van der Waals surface area contributed by atoms with Crippen molar-refractivity contribution in [3.05, 3.63) is 29.8 Å². The number of morpholine rings is 1. The summed E-state index contributed by atoms with van der Waals surface area (Å²) in [6, 6.07) is 7.43. The molecule has 1 aliphatic rings. The lowest BCUT2D eigenvalue weighted by Crippen LogP contribution is -2.51. The molecule has 0 bridgehead atoms. The summed E-state index contributed by atoms with van der Waals surface area (Å²) in [5, 5.41) is 5.78. The Morgan fingerprint density at radius 1 is 1.17 bits per heavy atom. The lowest BCUT2D eigenvalue weighted by molar-refractivity contribution is -0.118. The van der Waals surface area contributed by atoms with E-state index in [1.54, 1.807) is 4.90 Å². The zero-order chi connectivity index (χ0) is 17.7. The highest BCUT2D eigenvalue weighted by Crippen LogP contribution is 2.13. The highest BCUT2D eigenvalue weighted by atomic mass is 16.5. The Balaban J connectivity index is 1.83. The molecule has 1 aromatic carbocycles. The monoisotopic (exact) mass is 333 g/mol. The number of carbonyl (C=O) groups excluding carboxylic acids is 2. The van der Waals surface area contributed by atoms with Crippen molar-refractivity contribution in [1.82, 2.24) is 10.2 Å². The number of nitrogens with one attached hydrogen (secondary N) is 2. The van der Waals surface area contributed by atoms with Crippen LogP contribution in [-0.2, 0) is 16.1 Å². The van der Waals surface area contributed by atoms with Gasteiger partial charge in [-0.05, 0) is 31.5 Å². The van der Waals surface area contributed by atoms with Crippen LogP contribution in [0.3, 0.4) is 0 Å². The Hall–Kier alpha value is -2.08. The fraction of sp³-hybridized carbons (Fsp3) is 0.556. The molecule has 24 heavy (non-hydrogen) atoms. The van der Waals surface area contributed by atoms with Crippen molar-refractivity contribution in [2.45, 2.75) is 46.4 Å². The van der Waals surface area contributed by atoms with Crippen molar-refractivity contribution >= 4 is 17.6 Å². The molecule has 0 saturated carbocycles. The molecule has 2 unspecified atom stereocenters. The van der Waals surface area contributed by atoms with E-state index in [-0.39, 0.29) is 30.1 Å². The quantitative estimate of drug-likeness (QED) is 0.890. The summed E-state index contributed by atoms with van der Waals surface area (Å²) in [5.41, 5.74) is 1.75. The summed E-state index contributed by atoms with van der Waals surface area (Å²) in [6.07, 6.45) is 0.117. The first kappa shape index (κ1) is 18.3. The van der Waals surface area contributed by atoms with Crippen LogP contribution in [0.5, 0.6) is 0 Å². The minimum Gasteiger partial charge on any atom is -0.372 e. The lowest BCUT2D eigenvalue weighted by Gasteiger charge is -2.35.